The molecule has 0 radical (unpaired) electrons. The van der Waals surface area contributed by atoms with Crippen molar-refractivity contribution in [3.05, 3.63) is 52.2 Å². The first-order valence-corrected chi connectivity index (χ1v) is 12.6. The van der Waals surface area contributed by atoms with Gasteiger partial charge in [0.1, 0.15) is 0 Å². The van der Waals surface area contributed by atoms with Crippen molar-refractivity contribution in [2.24, 2.45) is 0 Å². The van der Waals surface area contributed by atoms with Gasteiger partial charge in [-0.25, -0.2) is 8.42 Å². The van der Waals surface area contributed by atoms with Gasteiger partial charge in [-0.3, -0.25) is 0 Å². The Kier molecular flexibility index (Phi) is 6.00. The minimum Gasteiger partial charge on any atom is -0.207 e. The lowest BCUT2D eigenvalue weighted by molar-refractivity contribution is 0.333. The third-order valence-electron chi connectivity index (χ3n) is 6.14. The smallest absolute Gasteiger partial charge is 0.207 e. The maximum Gasteiger partial charge on any atom is 0.243 e. The van der Waals surface area contributed by atoms with Gasteiger partial charge >= 0.3 is 0 Å². The average Bonchev–Trinajstić information content (AvgIpc) is 3.12. The standard InChI is InChI=1S/C22H29NO2S2/c24-27(25,20-14-12-19(13-15-20)18-8-3-1-4-9-18)23-16-6-2-5-10-21(23)22-11-7-17-26-22/h7,11-15,17-18,21H,1-6,8-10,16H2. The lowest BCUT2D eigenvalue weighted by Crippen LogP contribution is -2.34. The maximum absolute atomic E-state index is 13.5. The van der Waals surface area contributed by atoms with E-state index in [2.05, 4.69) is 18.2 Å². The van der Waals surface area contributed by atoms with E-state index in [-0.39, 0.29) is 6.04 Å². The molecule has 1 aliphatic heterocycles. The van der Waals surface area contributed by atoms with Crippen LogP contribution in [-0.4, -0.2) is 19.3 Å². The van der Waals surface area contributed by atoms with Crippen LogP contribution < -0.4 is 0 Å². The van der Waals surface area contributed by atoms with E-state index in [1.807, 2.05) is 23.6 Å². The Bertz CT molecular complexity index is 822. The minimum absolute atomic E-state index is 0.0180. The zero-order valence-electron chi connectivity index (χ0n) is 15.8. The number of hydrogen-bond acceptors (Lipinski definition) is 3. The molecule has 1 unspecified atom stereocenters. The van der Waals surface area contributed by atoms with Gasteiger partial charge in [-0.2, -0.15) is 4.31 Å². The summed E-state index contributed by atoms with van der Waals surface area (Å²) in [4.78, 5) is 1.62. The molecule has 0 N–H and O–H groups in total. The van der Waals surface area contributed by atoms with E-state index in [0.29, 0.717) is 17.4 Å². The first-order chi connectivity index (χ1) is 13.2. The molecule has 0 amide bonds. The molecular formula is C22H29NO2S2. The highest BCUT2D eigenvalue weighted by Crippen LogP contribution is 2.37. The minimum atomic E-state index is -3.47. The number of rotatable bonds is 4. The molecule has 146 valence electrons. The molecule has 0 bridgehead atoms. The van der Waals surface area contributed by atoms with Crippen LogP contribution >= 0.6 is 11.3 Å². The van der Waals surface area contributed by atoms with Crippen LogP contribution in [0.4, 0.5) is 0 Å². The van der Waals surface area contributed by atoms with E-state index >= 15 is 0 Å². The topological polar surface area (TPSA) is 37.4 Å². The molecule has 1 aromatic carbocycles. The highest BCUT2D eigenvalue weighted by atomic mass is 32.2. The highest BCUT2D eigenvalue weighted by molar-refractivity contribution is 7.89. The van der Waals surface area contributed by atoms with Gasteiger partial charge in [0.25, 0.3) is 0 Å². The fraction of sp³-hybridized carbons (Fsp3) is 0.545. The summed E-state index contributed by atoms with van der Waals surface area (Å²) in [6.07, 6.45) is 10.5. The van der Waals surface area contributed by atoms with Gasteiger partial charge in [0.05, 0.1) is 10.9 Å². The quantitative estimate of drug-likeness (QED) is 0.618. The van der Waals surface area contributed by atoms with Gasteiger partial charge in [-0.1, -0.05) is 50.3 Å². The highest BCUT2D eigenvalue weighted by Gasteiger charge is 2.34. The largest absolute Gasteiger partial charge is 0.243 e. The van der Waals surface area contributed by atoms with Gasteiger partial charge in [-0.15, -0.1) is 11.3 Å². The average molecular weight is 404 g/mol. The third kappa shape index (κ3) is 4.15. The van der Waals surface area contributed by atoms with Crippen LogP contribution in [-0.2, 0) is 10.0 Å². The Morgan fingerprint density at radius 2 is 1.56 bits per heavy atom. The predicted octanol–water partition coefficient (Wildman–Crippen LogP) is 6.10. The fourth-order valence-corrected chi connectivity index (χ4v) is 7.23. The van der Waals surface area contributed by atoms with Crippen LogP contribution in [0.2, 0.25) is 0 Å². The molecule has 3 nitrogen and oxygen atoms in total. The molecule has 1 aromatic heterocycles. The molecular weight excluding hydrogens is 374 g/mol. The van der Waals surface area contributed by atoms with E-state index in [1.54, 1.807) is 15.6 Å². The van der Waals surface area contributed by atoms with Crippen molar-refractivity contribution in [3.63, 3.8) is 0 Å². The molecule has 2 fully saturated rings. The van der Waals surface area contributed by atoms with Crippen LogP contribution in [0.3, 0.4) is 0 Å². The van der Waals surface area contributed by atoms with Crippen molar-refractivity contribution in [1.29, 1.82) is 0 Å². The summed E-state index contributed by atoms with van der Waals surface area (Å²) in [5.41, 5.74) is 1.30. The number of thiophene rings is 1. The Morgan fingerprint density at radius 1 is 0.852 bits per heavy atom. The number of benzene rings is 1. The second kappa shape index (κ2) is 8.46. The molecule has 1 saturated heterocycles. The molecule has 2 aliphatic rings. The van der Waals surface area contributed by atoms with Gasteiger partial charge < -0.3 is 0 Å². The van der Waals surface area contributed by atoms with Crippen molar-refractivity contribution in [2.75, 3.05) is 6.54 Å². The van der Waals surface area contributed by atoms with E-state index in [4.69, 9.17) is 0 Å². The van der Waals surface area contributed by atoms with Gasteiger partial charge in [0, 0.05) is 11.4 Å². The number of nitrogens with zero attached hydrogens (tertiary/aromatic N) is 1. The zero-order valence-corrected chi connectivity index (χ0v) is 17.5. The Morgan fingerprint density at radius 3 is 2.26 bits per heavy atom. The predicted molar refractivity (Wildman–Crippen MR) is 112 cm³/mol. The fourth-order valence-electron chi connectivity index (χ4n) is 4.62. The van der Waals surface area contributed by atoms with Crippen molar-refractivity contribution in [1.82, 2.24) is 4.31 Å². The summed E-state index contributed by atoms with van der Waals surface area (Å²) in [6, 6.07) is 11.9. The summed E-state index contributed by atoms with van der Waals surface area (Å²) in [7, 11) is -3.47. The van der Waals surface area contributed by atoms with Gasteiger partial charge in [-0.05, 0) is 60.7 Å². The second-order valence-electron chi connectivity index (χ2n) is 7.90. The van der Waals surface area contributed by atoms with Gasteiger partial charge in [0.2, 0.25) is 10.0 Å². The number of sulfonamides is 1. The SMILES string of the molecule is O=S(=O)(c1ccc(C2CCCCC2)cc1)N1CCCCCC1c1cccs1. The van der Waals surface area contributed by atoms with Crippen LogP contribution in [0.1, 0.15) is 80.2 Å². The van der Waals surface area contributed by atoms with Crippen molar-refractivity contribution < 1.29 is 8.42 Å². The molecule has 1 saturated carbocycles. The Labute approximate surface area is 167 Å². The molecule has 1 atom stereocenters. The van der Waals surface area contributed by atoms with Crippen LogP contribution in [0, 0.1) is 0 Å². The summed E-state index contributed by atoms with van der Waals surface area (Å²) >= 11 is 1.67. The molecule has 2 aromatic rings. The molecule has 1 aliphatic carbocycles. The third-order valence-corrected chi connectivity index (χ3v) is 9.03. The molecule has 2 heterocycles. The molecule has 5 heteroatoms. The van der Waals surface area contributed by atoms with Crippen molar-refractivity contribution in [3.8, 4) is 0 Å². The second-order valence-corrected chi connectivity index (χ2v) is 10.8. The molecule has 27 heavy (non-hydrogen) atoms. The first kappa shape index (κ1) is 19.2. The monoisotopic (exact) mass is 403 g/mol. The zero-order chi connectivity index (χ0) is 18.7. The lowest BCUT2D eigenvalue weighted by atomic mass is 9.84. The van der Waals surface area contributed by atoms with Crippen LogP contribution in [0.25, 0.3) is 0 Å². The number of hydrogen-bond donors (Lipinski definition) is 0. The van der Waals surface area contributed by atoms with E-state index < -0.39 is 10.0 Å². The van der Waals surface area contributed by atoms with Crippen molar-refractivity contribution >= 4 is 21.4 Å². The van der Waals surface area contributed by atoms with Crippen LogP contribution in [0.5, 0.6) is 0 Å². The summed E-state index contributed by atoms with van der Waals surface area (Å²) in [6.45, 7) is 0.620. The first-order valence-electron chi connectivity index (χ1n) is 10.3. The molecule has 0 spiro atoms. The Hall–Kier alpha value is -1.17. The summed E-state index contributed by atoms with van der Waals surface area (Å²) in [5.74, 6) is 0.604. The van der Waals surface area contributed by atoms with E-state index in [0.717, 1.165) is 25.7 Å². The van der Waals surface area contributed by atoms with Gasteiger partial charge in [0.15, 0.2) is 0 Å². The summed E-state index contributed by atoms with van der Waals surface area (Å²) in [5, 5.41) is 2.05. The molecule has 4 rings (SSSR count). The van der Waals surface area contributed by atoms with E-state index in [9.17, 15) is 8.42 Å². The summed E-state index contributed by atoms with van der Waals surface area (Å²) < 4.78 is 28.7. The normalized spacial score (nSPS) is 23.2. The Balaban J connectivity index is 1.60. The lowest BCUT2D eigenvalue weighted by Gasteiger charge is -2.29. The van der Waals surface area contributed by atoms with Crippen LogP contribution in [0.15, 0.2) is 46.7 Å². The van der Waals surface area contributed by atoms with Crippen molar-refractivity contribution in [2.45, 2.75) is 74.6 Å². The van der Waals surface area contributed by atoms with E-state index in [1.165, 1.54) is 42.5 Å². The maximum atomic E-state index is 13.5.